The molecule has 0 saturated heterocycles. The topological polar surface area (TPSA) is 152 Å². The molecule has 168 valence electrons. The molecule has 2 aromatic carbocycles. The zero-order valence-electron chi connectivity index (χ0n) is 17.1. The van der Waals surface area contributed by atoms with Crippen molar-refractivity contribution < 1.29 is 23.3 Å². The summed E-state index contributed by atoms with van der Waals surface area (Å²) in [5.74, 6) is -0.0260. The van der Waals surface area contributed by atoms with E-state index in [0.29, 0.717) is 22.8 Å². The van der Waals surface area contributed by atoms with Gasteiger partial charge in [-0.2, -0.15) is 10.1 Å². The highest BCUT2D eigenvalue weighted by Crippen LogP contribution is 2.25. The molecular formula is C22H14FN7O4. The van der Waals surface area contributed by atoms with Crippen LogP contribution in [0.3, 0.4) is 0 Å². The van der Waals surface area contributed by atoms with Crippen LogP contribution in [0.2, 0.25) is 0 Å². The molecule has 0 fully saturated rings. The smallest absolute Gasteiger partial charge is 0.335 e. The highest BCUT2D eigenvalue weighted by molar-refractivity contribution is 5.89. The van der Waals surface area contributed by atoms with E-state index in [0.717, 1.165) is 0 Å². The van der Waals surface area contributed by atoms with E-state index in [-0.39, 0.29) is 34.3 Å². The second-order valence-corrected chi connectivity index (χ2v) is 6.92. The largest absolute Gasteiger partial charge is 0.478 e. The maximum Gasteiger partial charge on any atom is 0.335 e. The van der Waals surface area contributed by atoms with Crippen molar-refractivity contribution >= 4 is 40.8 Å². The molecule has 11 nitrogen and oxygen atoms in total. The number of aromatic carboxylic acids is 1. The summed E-state index contributed by atoms with van der Waals surface area (Å²) in [5, 5.41) is 23.6. The van der Waals surface area contributed by atoms with E-state index >= 15 is 0 Å². The van der Waals surface area contributed by atoms with Crippen molar-refractivity contribution in [3.63, 3.8) is 0 Å². The van der Waals surface area contributed by atoms with Crippen molar-refractivity contribution in [2.45, 2.75) is 0 Å². The van der Waals surface area contributed by atoms with Crippen molar-refractivity contribution in [2.24, 2.45) is 5.10 Å². The average Bonchev–Trinajstić information content (AvgIpc) is 3.50. The maximum atomic E-state index is 13.2. The molecule has 0 unspecified atom stereocenters. The van der Waals surface area contributed by atoms with Crippen molar-refractivity contribution in [1.82, 2.24) is 20.3 Å². The molecule has 0 bridgehead atoms. The summed E-state index contributed by atoms with van der Waals surface area (Å²) >= 11 is 0. The molecule has 34 heavy (non-hydrogen) atoms. The molecule has 3 aromatic heterocycles. The van der Waals surface area contributed by atoms with Crippen LogP contribution in [0.4, 0.5) is 21.7 Å². The fourth-order valence-electron chi connectivity index (χ4n) is 3.01. The Labute approximate surface area is 189 Å². The Morgan fingerprint density at radius 1 is 1.00 bits per heavy atom. The van der Waals surface area contributed by atoms with Crippen LogP contribution < -0.4 is 10.7 Å². The van der Waals surface area contributed by atoms with Crippen LogP contribution in [0.1, 0.15) is 16.1 Å². The monoisotopic (exact) mass is 459 g/mol. The first kappa shape index (κ1) is 20.8. The summed E-state index contributed by atoms with van der Waals surface area (Å²) in [7, 11) is 0. The molecule has 0 amide bonds. The number of nitrogens with one attached hydrogen (secondary N) is 2. The summed E-state index contributed by atoms with van der Waals surface area (Å²) in [6.07, 6.45) is 1.42. The van der Waals surface area contributed by atoms with Gasteiger partial charge in [-0.25, -0.2) is 18.8 Å². The van der Waals surface area contributed by atoms with E-state index in [4.69, 9.17) is 9.52 Å². The van der Waals surface area contributed by atoms with E-state index in [9.17, 15) is 9.18 Å². The number of fused-ring (bicyclic) bond motifs is 1. The van der Waals surface area contributed by atoms with Gasteiger partial charge in [-0.15, -0.1) is 0 Å². The zero-order valence-corrected chi connectivity index (χ0v) is 17.1. The fourth-order valence-corrected chi connectivity index (χ4v) is 3.01. The van der Waals surface area contributed by atoms with Gasteiger partial charge in [0.15, 0.2) is 11.6 Å². The lowest BCUT2D eigenvalue weighted by atomic mass is 10.1. The molecule has 0 aliphatic carbocycles. The predicted octanol–water partition coefficient (Wildman–Crippen LogP) is 4.30. The lowest BCUT2D eigenvalue weighted by molar-refractivity contribution is 0.0697. The van der Waals surface area contributed by atoms with E-state index in [2.05, 4.69) is 40.8 Å². The van der Waals surface area contributed by atoms with Gasteiger partial charge in [-0.3, -0.25) is 5.43 Å². The molecule has 12 heteroatoms. The van der Waals surface area contributed by atoms with Crippen LogP contribution in [-0.2, 0) is 0 Å². The van der Waals surface area contributed by atoms with Crippen LogP contribution >= 0.6 is 0 Å². The first-order valence-corrected chi connectivity index (χ1v) is 9.81. The van der Waals surface area contributed by atoms with Crippen LogP contribution in [0.25, 0.3) is 22.6 Å². The number of halogens is 1. The lowest BCUT2D eigenvalue weighted by Crippen LogP contribution is -2.03. The number of carboxylic acids is 1. The molecule has 0 radical (unpaired) electrons. The minimum Gasteiger partial charge on any atom is -0.478 e. The van der Waals surface area contributed by atoms with Crippen molar-refractivity contribution in [2.75, 3.05) is 10.7 Å². The quantitative estimate of drug-likeness (QED) is 0.237. The Bertz CT molecular complexity index is 1510. The summed E-state index contributed by atoms with van der Waals surface area (Å²) in [4.78, 5) is 19.8. The van der Waals surface area contributed by atoms with Crippen LogP contribution in [0, 0.1) is 5.82 Å². The summed E-state index contributed by atoms with van der Waals surface area (Å²) in [6, 6.07) is 15.5. The molecule has 0 saturated carbocycles. The second-order valence-electron chi connectivity index (χ2n) is 6.92. The highest BCUT2D eigenvalue weighted by atomic mass is 19.1. The minimum atomic E-state index is -1.02. The number of furan rings is 1. The van der Waals surface area contributed by atoms with Crippen molar-refractivity contribution in [3.05, 3.63) is 77.8 Å². The number of carboxylic acid groups (broad SMARTS) is 1. The van der Waals surface area contributed by atoms with Gasteiger partial charge in [0.2, 0.25) is 11.3 Å². The van der Waals surface area contributed by atoms with E-state index in [1.807, 2.05) is 0 Å². The van der Waals surface area contributed by atoms with Crippen LogP contribution in [-0.4, -0.2) is 37.6 Å². The maximum absolute atomic E-state index is 13.2. The molecule has 0 atom stereocenters. The van der Waals surface area contributed by atoms with Crippen molar-refractivity contribution in [1.29, 1.82) is 0 Å². The SMILES string of the molecule is O=C(O)c1cccc(-c2ccc(/C=N/Nc3nc4nonc4nc3Nc3ccc(F)cc3)o2)c1. The normalized spacial score (nSPS) is 11.2. The van der Waals surface area contributed by atoms with Gasteiger partial charge in [-0.1, -0.05) is 12.1 Å². The van der Waals surface area contributed by atoms with E-state index in [1.165, 1.54) is 30.5 Å². The van der Waals surface area contributed by atoms with Gasteiger partial charge in [0.1, 0.15) is 17.3 Å². The minimum absolute atomic E-state index is 0.156. The Morgan fingerprint density at radius 2 is 1.76 bits per heavy atom. The molecule has 0 aliphatic rings. The van der Waals surface area contributed by atoms with Crippen molar-refractivity contribution in [3.8, 4) is 11.3 Å². The third-order valence-corrected chi connectivity index (χ3v) is 4.60. The predicted molar refractivity (Wildman–Crippen MR) is 119 cm³/mol. The first-order chi connectivity index (χ1) is 16.5. The molecule has 5 rings (SSSR count). The standard InChI is InChI=1S/C22H14FN7O4/c23-14-4-6-15(7-5-14)25-18-19(27-21-20(26-18)29-34-30-21)28-24-11-16-8-9-17(33-16)12-2-1-3-13(10-12)22(31)32/h1-11H,(H,31,32)(H,25,26,29)(H,27,28,30)/b24-11+. The third-order valence-electron chi connectivity index (χ3n) is 4.60. The Morgan fingerprint density at radius 3 is 2.53 bits per heavy atom. The van der Waals surface area contributed by atoms with Gasteiger partial charge >= 0.3 is 5.97 Å². The van der Waals surface area contributed by atoms with Gasteiger partial charge in [0.25, 0.3) is 0 Å². The third kappa shape index (κ3) is 4.41. The Hall–Kier alpha value is -5.13. The average molecular weight is 459 g/mol. The second kappa shape index (κ2) is 8.78. The van der Waals surface area contributed by atoms with E-state index < -0.39 is 5.97 Å². The Balaban J connectivity index is 1.36. The van der Waals surface area contributed by atoms with Crippen LogP contribution in [0.15, 0.2) is 74.8 Å². The Kier molecular flexibility index (Phi) is 5.36. The number of anilines is 3. The number of hydrazone groups is 1. The molecule has 5 aromatic rings. The highest BCUT2D eigenvalue weighted by Gasteiger charge is 2.13. The lowest BCUT2D eigenvalue weighted by Gasteiger charge is -2.09. The summed E-state index contributed by atoms with van der Waals surface area (Å²) in [6.45, 7) is 0. The fraction of sp³-hybridized carbons (Fsp3) is 0. The molecule has 0 aliphatic heterocycles. The number of aromatic nitrogens is 4. The molecule has 3 N–H and O–H groups in total. The van der Waals surface area contributed by atoms with Gasteiger partial charge in [-0.05, 0) is 58.8 Å². The molecule has 3 heterocycles. The van der Waals surface area contributed by atoms with E-state index in [1.54, 1.807) is 36.4 Å². The number of nitrogens with zero attached hydrogens (tertiary/aromatic N) is 5. The summed E-state index contributed by atoms with van der Waals surface area (Å²) in [5.41, 5.74) is 4.45. The summed E-state index contributed by atoms with van der Waals surface area (Å²) < 4.78 is 23.6. The first-order valence-electron chi connectivity index (χ1n) is 9.81. The van der Waals surface area contributed by atoms with Gasteiger partial charge in [0.05, 0.1) is 11.8 Å². The number of benzene rings is 2. The number of hydrogen-bond donors (Lipinski definition) is 3. The molecular weight excluding hydrogens is 445 g/mol. The van der Waals surface area contributed by atoms with Crippen LogP contribution in [0.5, 0.6) is 0 Å². The van der Waals surface area contributed by atoms with Gasteiger partial charge in [0, 0.05) is 11.3 Å². The number of carbonyl (C=O) groups is 1. The number of rotatable bonds is 7. The number of hydrogen-bond acceptors (Lipinski definition) is 10. The molecule has 0 spiro atoms. The zero-order chi connectivity index (χ0) is 23.5. The van der Waals surface area contributed by atoms with Gasteiger partial charge < -0.3 is 14.8 Å².